The summed E-state index contributed by atoms with van der Waals surface area (Å²) in [4.78, 5) is 0. The Hall–Kier alpha value is -1.48. The zero-order valence-electron chi connectivity index (χ0n) is 12.1. The molecule has 3 heteroatoms. The van der Waals surface area contributed by atoms with Crippen LogP contribution in [0, 0.1) is 0 Å². The van der Waals surface area contributed by atoms with Crippen LogP contribution in [0.5, 0.6) is 5.75 Å². The predicted octanol–water partition coefficient (Wildman–Crippen LogP) is 3.43. The van der Waals surface area contributed by atoms with Crippen molar-refractivity contribution in [1.82, 2.24) is 9.88 Å². The first-order chi connectivity index (χ1) is 9.22. The third-order valence-electron chi connectivity index (χ3n) is 3.21. The van der Waals surface area contributed by atoms with Gasteiger partial charge >= 0.3 is 0 Å². The minimum atomic E-state index is 0.213. The normalized spacial score (nSPS) is 11.4. The van der Waals surface area contributed by atoms with Gasteiger partial charge in [0.15, 0.2) is 0 Å². The molecule has 19 heavy (non-hydrogen) atoms. The Bertz CT molecular complexity index is 516. The molecule has 3 nitrogen and oxygen atoms in total. The second-order valence-electron chi connectivity index (χ2n) is 5.18. The first-order valence-corrected chi connectivity index (χ1v) is 7.11. The van der Waals surface area contributed by atoms with Gasteiger partial charge in [-0.05, 0) is 58.5 Å². The van der Waals surface area contributed by atoms with Gasteiger partial charge < -0.3 is 14.6 Å². The Morgan fingerprint density at radius 3 is 2.79 bits per heavy atom. The molecular weight excluding hydrogens is 236 g/mol. The largest absolute Gasteiger partial charge is 0.490 e. The van der Waals surface area contributed by atoms with Crippen molar-refractivity contribution in [2.45, 2.75) is 39.3 Å². The maximum atomic E-state index is 5.86. The van der Waals surface area contributed by atoms with E-state index in [4.69, 9.17) is 4.74 Å². The minimum Gasteiger partial charge on any atom is -0.490 e. The van der Waals surface area contributed by atoms with Crippen molar-refractivity contribution in [3.8, 4) is 5.75 Å². The summed E-state index contributed by atoms with van der Waals surface area (Å²) < 4.78 is 8.18. The Morgan fingerprint density at radius 2 is 2.05 bits per heavy atom. The van der Waals surface area contributed by atoms with E-state index < -0.39 is 0 Å². The topological polar surface area (TPSA) is 26.2 Å². The molecule has 0 fully saturated rings. The Kier molecular flexibility index (Phi) is 4.86. The SMILES string of the molecule is CNCCCCn1ccc2c(OC(C)C)cccc21. The van der Waals surface area contributed by atoms with Crippen molar-refractivity contribution in [3.63, 3.8) is 0 Å². The zero-order chi connectivity index (χ0) is 13.7. The van der Waals surface area contributed by atoms with Gasteiger partial charge in [-0.3, -0.25) is 0 Å². The van der Waals surface area contributed by atoms with E-state index in [1.54, 1.807) is 0 Å². The summed E-state index contributed by atoms with van der Waals surface area (Å²) in [6.07, 6.45) is 4.78. The third-order valence-corrected chi connectivity index (χ3v) is 3.21. The molecule has 0 atom stereocenters. The summed E-state index contributed by atoms with van der Waals surface area (Å²) in [7, 11) is 2.00. The van der Waals surface area contributed by atoms with Crippen LogP contribution in [0.4, 0.5) is 0 Å². The summed E-state index contributed by atoms with van der Waals surface area (Å²) in [5.41, 5.74) is 1.27. The van der Waals surface area contributed by atoms with Crippen LogP contribution in [-0.4, -0.2) is 24.3 Å². The number of aryl methyl sites for hydroxylation is 1. The molecule has 104 valence electrons. The van der Waals surface area contributed by atoms with Crippen molar-refractivity contribution in [2.75, 3.05) is 13.6 Å². The lowest BCUT2D eigenvalue weighted by atomic mass is 10.2. The van der Waals surface area contributed by atoms with Crippen LogP contribution in [0.15, 0.2) is 30.5 Å². The van der Waals surface area contributed by atoms with E-state index in [1.165, 1.54) is 23.7 Å². The molecule has 0 saturated carbocycles. The molecule has 0 unspecified atom stereocenters. The monoisotopic (exact) mass is 260 g/mol. The fourth-order valence-corrected chi connectivity index (χ4v) is 2.33. The molecule has 0 radical (unpaired) electrons. The Morgan fingerprint density at radius 1 is 1.21 bits per heavy atom. The summed E-state index contributed by atoms with van der Waals surface area (Å²) in [6, 6.07) is 8.45. The van der Waals surface area contributed by atoms with Crippen LogP contribution in [0.3, 0.4) is 0 Å². The molecule has 0 aliphatic carbocycles. The molecule has 1 heterocycles. The summed E-state index contributed by atoms with van der Waals surface area (Å²) in [5, 5.41) is 4.40. The van der Waals surface area contributed by atoms with E-state index >= 15 is 0 Å². The summed E-state index contributed by atoms with van der Waals surface area (Å²) in [5.74, 6) is 0.987. The first kappa shape index (κ1) is 13.9. The lowest BCUT2D eigenvalue weighted by Crippen LogP contribution is -2.08. The number of hydrogen-bond acceptors (Lipinski definition) is 2. The van der Waals surface area contributed by atoms with Crippen molar-refractivity contribution >= 4 is 10.9 Å². The average Bonchev–Trinajstić information content (AvgIpc) is 2.79. The van der Waals surface area contributed by atoms with Gasteiger partial charge in [0.05, 0.1) is 11.6 Å². The van der Waals surface area contributed by atoms with E-state index in [-0.39, 0.29) is 6.10 Å². The lowest BCUT2D eigenvalue weighted by Gasteiger charge is -2.11. The van der Waals surface area contributed by atoms with Crippen molar-refractivity contribution < 1.29 is 4.74 Å². The van der Waals surface area contributed by atoms with Gasteiger partial charge in [0.2, 0.25) is 0 Å². The average molecular weight is 260 g/mol. The van der Waals surface area contributed by atoms with Crippen LogP contribution in [0.25, 0.3) is 10.9 Å². The molecule has 0 spiro atoms. The maximum absolute atomic E-state index is 5.86. The van der Waals surface area contributed by atoms with E-state index in [9.17, 15) is 0 Å². The molecule has 1 aromatic carbocycles. The highest BCUT2D eigenvalue weighted by Gasteiger charge is 2.07. The molecule has 1 N–H and O–H groups in total. The second kappa shape index (κ2) is 6.62. The number of benzene rings is 1. The zero-order valence-corrected chi connectivity index (χ0v) is 12.1. The molecule has 0 saturated heterocycles. The molecule has 0 aliphatic heterocycles. The summed E-state index contributed by atoms with van der Waals surface area (Å²) in [6.45, 7) is 6.28. The Labute approximate surface area is 115 Å². The van der Waals surface area contributed by atoms with Gasteiger partial charge in [-0.2, -0.15) is 0 Å². The number of nitrogens with one attached hydrogen (secondary N) is 1. The number of unbranched alkanes of at least 4 members (excludes halogenated alkanes) is 1. The highest BCUT2D eigenvalue weighted by molar-refractivity contribution is 5.86. The molecule has 0 aliphatic rings. The Balaban J connectivity index is 2.14. The fraction of sp³-hybridized carbons (Fsp3) is 0.500. The third kappa shape index (κ3) is 3.51. The number of aromatic nitrogens is 1. The smallest absolute Gasteiger partial charge is 0.129 e. The highest BCUT2D eigenvalue weighted by Crippen LogP contribution is 2.27. The number of rotatable bonds is 7. The molecule has 2 aromatic rings. The van der Waals surface area contributed by atoms with Gasteiger partial charge in [-0.25, -0.2) is 0 Å². The number of hydrogen-bond donors (Lipinski definition) is 1. The predicted molar refractivity (Wildman–Crippen MR) is 80.9 cm³/mol. The van der Waals surface area contributed by atoms with Gasteiger partial charge in [0.25, 0.3) is 0 Å². The van der Waals surface area contributed by atoms with Gasteiger partial charge in [0.1, 0.15) is 5.75 Å². The number of ether oxygens (including phenoxy) is 1. The van der Waals surface area contributed by atoms with Crippen LogP contribution in [-0.2, 0) is 6.54 Å². The molecule has 0 amide bonds. The van der Waals surface area contributed by atoms with Crippen molar-refractivity contribution in [1.29, 1.82) is 0 Å². The van der Waals surface area contributed by atoms with Crippen LogP contribution in [0.2, 0.25) is 0 Å². The van der Waals surface area contributed by atoms with Gasteiger partial charge in [-0.1, -0.05) is 6.07 Å². The van der Waals surface area contributed by atoms with Crippen LogP contribution < -0.4 is 10.1 Å². The minimum absolute atomic E-state index is 0.213. The van der Waals surface area contributed by atoms with Gasteiger partial charge in [-0.15, -0.1) is 0 Å². The van der Waals surface area contributed by atoms with E-state index in [0.29, 0.717) is 0 Å². The standard InChI is InChI=1S/C16H24N2O/c1-13(2)19-16-8-6-7-15-14(16)9-12-18(15)11-5-4-10-17-3/h6-9,12-13,17H,4-5,10-11H2,1-3H3. The van der Waals surface area contributed by atoms with E-state index in [1.807, 2.05) is 13.1 Å². The maximum Gasteiger partial charge on any atom is 0.129 e. The highest BCUT2D eigenvalue weighted by atomic mass is 16.5. The van der Waals surface area contributed by atoms with Crippen LogP contribution >= 0.6 is 0 Å². The van der Waals surface area contributed by atoms with E-state index in [0.717, 1.165) is 18.8 Å². The first-order valence-electron chi connectivity index (χ1n) is 7.11. The molecule has 0 bridgehead atoms. The second-order valence-corrected chi connectivity index (χ2v) is 5.18. The summed E-state index contributed by atoms with van der Waals surface area (Å²) >= 11 is 0. The molecule has 1 aromatic heterocycles. The molecular formula is C16H24N2O. The van der Waals surface area contributed by atoms with Crippen LogP contribution in [0.1, 0.15) is 26.7 Å². The number of fused-ring (bicyclic) bond motifs is 1. The number of nitrogens with zero attached hydrogens (tertiary/aromatic N) is 1. The van der Waals surface area contributed by atoms with Gasteiger partial charge in [0, 0.05) is 18.1 Å². The van der Waals surface area contributed by atoms with Crippen molar-refractivity contribution in [3.05, 3.63) is 30.5 Å². The quantitative estimate of drug-likeness (QED) is 0.772. The fourth-order valence-electron chi connectivity index (χ4n) is 2.33. The van der Waals surface area contributed by atoms with E-state index in [2.05, 4.69) is 48.1 Å². The molecule has 2 rings (SSSR count). The van der Waals surface area contributed by atoms with Crippen molar-refractivity contribution in [2.24, 2.45) is 0 Å². The lowest BCUT2D eigenvalue weighted by molar-refractivity contribution is 0.245.